The molecule has 1 aromatic carbocycles. The Morgan fingerprint density at radius 1 is 1.50 bits per heavy atom. The van der Waals surface area contributed by atoms with Crippen LogP contribution in [0, 0.1) is 0 Å². The third kappa shape index (κ3) is 4.00. The number of methoxy groups -OCH3 is 1. The van der Waals surface area contributed by atoms with Gasteiger partial charge in [-0.2, -0.15) is 0 Å². The fraction of sp³-hybridized carbons (Fsp3) is 0.300. The molecule has 0 heterocycles. The molecule has 0 unspecified atom stereocenters. The van der Waals surface area contributed by atoms with E-state index < -0.39 is 0 Å². The summed E-state index contributed by atoms with van der Waals surface area (Å²) in [6.07, 6.45) is 0. The standard InChI is InChI=1S/C10H12BrNO3.ClH/c1-14-10(13)7-2-3-8(11)9(6-7)15-5-4-12;/h2-3,6H,4-5,12H2,1H3;1H. The molecule has 0 saturated carbocycles. The summed E-state index contributed by atoms with van der Waals surface area (Å²) in [4.78, 5) is 11.2. The maximum Gasteiger partial charge on any atom is 0.337 e. The second kappa shape index (κ2) is 7.49. The maximum atomic E-state index is 11.2. The van der Waals surface area contributed by atoms with E-state index in [0.717, 1.165) is 4.47 Å². The molecule has 0 aliphatic heterocycles. The topological polar surface area (TPSA) is 61.5 Å². The number of hydrogen-bond acceptors (Lipinski definition) is 4. The Labute approximate surface area is 109 Å². The third-order valence-electron chi connectivity index (χ3n) is 1.73. The zero-order chi connectivity index (χ0) is 11.3. The van der Waals surface area contributed by atoms with Gasteiger partial charge in [-0.25, -0.2) is 4.79 Å². The van der Waals surface area contributed by atoms with Gasteiger partial charge in [-0.3, -0.25) is 0 Å². The number of nitrogens with two attached hydrogens (primary N) is 1. The monoisotopic (exact) mass is 309 g/mol. The smallest absolute Gasteiger partial charge is 0.337 e. The van der Waals surface area contributed by atoms with Gasteiger partial charge < -0.3 is 15.2 Å². The predicted octanol–water partition coefficient (Wildman–Crippen LogP) is 1.99. The van der Waals surface area contributed by atoms with Crippen molar-refractivity contribution in [1.82, 2.24) is 0 Å². The van der Waals surface area contributed by atoms with Crippen molar-refractivity contribution in [3.8, 4) is 5.75 Å². The molecule has 16 heavy (non-hydrogen) atoms. The minimum atomic E-state index is -0.389. The van der Waals surface area contributed by atoms with E-state index in [-0.39, 0.29) is 18.4 Å². The van der Waals surface area contributed by atoms with Crippen LogP contribution in [0.25, 0.3) is 0 Å². The molecule has 0 amide bonds. The molecule has 0 fully saturated rings. The third-order valence-corrected chi connectivity index (χ3v) is 2.38. The van der Waals surface area contributed by atoms with Gasteiger partial charge >= 0.3 is 5.97 Å². The lowest BCUT2D eigenvalue weighted by molar-refractivity contribution is 0.0600. The second-order valence-electron chi connectivity index (χ2n) is 2.77. The normalized spacial score (nSPS) is 9.19. The number of rotatable bonds is 4. The summed E-state index contributed by atoms with van der Waals surface area (Å²) >= 11 is 3.31. The molecule has 6 heteroatoms. The van der Waals surface area contributed by atoms with Gasteiger partial charge in [-0.1, -0.05) is 0 Å². The summed E-state index contributed by atoms with van der Waals surface area (Å²) in [7, 11) is 1.34. The second-order valence-corrected chi connectivity index (χ2v) is 3.63. The summed E-state index contributed by atoms with van der Waals surface area (Å²) in [5.41, 5.74) is 5.77. The lowest BCUT2D eigenvalue weighted by Gasteiger charge is -2.08. The van der Waals surface area contributed by atoms with E-state index in [1.807, 2.05) is 0 Å². The highest BCUT2D eigenvalue weighted by atomic mass is 79.9. The van der Waals surface area contributed by atoms with Crippen molar-refractivity contribution in [3.63, 3.8) is 0 Å². The van der Waals surface area contributed by atoms with Crippen LogP contribution in [-0.2, 0) is 4.74 Å². The first-order chi connectivity index (χ1) is 7.19. The van der Waals surface area contributed by atoms with Gasteiger partial charge in [-0.05, 0) is 34.1 Å². The largest absolute Gasteiger partial charge is 0.491 e. The van der Waals surface area contributed by atoms with E-state index >= 15 is 0 Å². The van der Waals surface area contributed by atoms with E-state index in [0.29, 0.717) is 24.5 Å². The average Bonchev–Trinajstić information content (AvgIpc) is 2.27. The van der Waals surface area contributed by atoms with Crippen LogP contribution >= 0.6 is 28.3 Å². The minimum Gasteiger partial charge on any atom is -0.491 e. The number of esters is 1. The number of hydrogen-bond donors (Lipinski definition) is 1. The molecule has 0 aliphatic carbocycles. The van der Waals surface area contributed by atoms with Crippen molar-refractivity contribution in [1.29, 1.82) is 0 Å². The summed E-state index contributed by atoms with van der Waals surface area (Å²) in [5.74, 6) is 0.198. The molecule has 1 rings (SSSR count). The molecule has 0 atom stereocenters. The van der Waals surface area contributed by atoms with Gasteiger partial charge in [0, 0.05) is 6.54 Å². The van der Waals surface area contributed by atoms with Crippen LogP contribution in [0.3, 0.4) is 0 Å². The van der Waals surface area contributed by atoms with Crippen molar-refractivity contribution in [2.24, 2.45) is 5.73 Å². The van der Waals surface area contributed by atoms with Crippen LogP contribution < -0.4 is 10.5 Å². The van der Waals surface area contributed by atoms with Crippen molar-refractivity contribution in [2.45, 2.75) is 0 Å². The Hall–Kier alpha value is -0.780. The zero-order valence-corrected chi connectivity index (χ0v) is 11.1. The van der Waals surface area contributed by atoms with Crippen LogP contribution in [0.15, 0.2) is 22.7 Å². The number of carbonyl (C=O) groups is 1. The molecule has 0 aromatic heterocycles. The summed E-state index contributed by atoms with van der Waals surface area (Å²) < 4.78 is 10.7. The molecule has 0 aliphatic rings. The first-order valence-corrected chi connectivity index (χ1v) is 5.19. The van der Waals surface area contributed by atoms with Crippen LogP contribution in [0.5, 0.6) is 5.75 Å². The van der Waals surface area contributed by atoms with Crippen LogP contribution in [0.4, 0.5) is 0 Å². The van der Waals surface area contributed by atoms with Gasteiger partial charge in [0.15, 0.2) is 0 Å². The van der Waals surface area contributed by atoms with E-state index in [9.17, 15) is 4.79 Å². The minimum absolute atomic E-state index is 0. The highest BCUT2D eigenvalue weighted by molar-refractivity contribution is 9.10. The van der Waals surface area contributed by atoms with Crippen LogP contribution in [0.1, 0.15) is 10.4 Å². The number of carbonyl (C=O) groups excluding carboxylic acids is 1. The Morgan fingerprint density at radius 3 is 2.75 bits per heavy atom. The summed E-state index contributed by atoms with van der Waals surface area (Å²) in [5, 5.41) is 0. The van der Waals surface area contributed by atoms with Crippen molar-refractivity contribution in [3.05, 3.63) is 28.2 Å². The molecular formula is C10H13BrClNO3. The molecular weight excluding hydrogens is 297 g/mol. The van der Waals surface area contributed by atoms with E-state index in [2.05, 4.69) is 20.7 Å². The molecule has 0 radical (unpaired) electrons. The van der Waals surface area contributed by atoms with Gasteiger partial charge in [-0.15, -0.1) is 12.4 Å². The Kier molecular flexibility index (Phi) is 7.12. The van der Waals surface area contributed by atoms with E-state index in [4.69, 9.17) is 10.5 Å². The zero-order valence-electron chi connectivity index (χ0n) is 8.73. The van der Waals surface area contributed by atoms with Gasteiger partial charge in [0.05, 0.1) is 17.1 Å². The number of halogens is 2. The predicted molar refractivity (Wildman–Crippen MR) is 67.3 cm³/mol. The summed E-state index contributed by atoms with van der Waals surface area (Å²) in [6.45, 7) is 0.831. The lowest BCUT2D eigenvalue weighted by atomic mass is 10.2. The molecule has 0 spiro atoms. The lowest BCUT2D eigenvalue weighted by Crippen LogP contribution is -2.11. The summed E-state index contributed by atoms with van der Waals surface area (Å²) in [6, 6.07) is 5.01. The Bertz CT molecular complexity index is 360. The SMILES string of the molecule is COC(=O)c1ccc(Br)c(OCCN)c1.Cl. The molecule has 2 N–H and O–H groups in total. The first-order valence-electron chi connectivity index (χ1n) is 4.39. The Balaban J connectivity index is 0.00000225. The van der Waals surface area contributed by atoms with Gasteiger partial charge in [0.2, 0.25) is 0 Å². The van der Waals surface area contributed by atoms with Crippen molar-refractivity contribution >= 4 is 34.3 Å². The van der Waals surface area contributed by atoms with Gasteiger partial charge in [0.25, 0.3) is 0 Å². The molecule has 0 bridgehead atoms. The fourth-order valence-electron chi connectivity index (χ4n) is 1.03. The van der Waals surface area contributed by atoms with Crippen LogP contribution in [-0.4, -0.2) is 26.2 Å². The average molecular weight is 311 g/mol. The highest BCUT2D eigenvalue weighted by Gasteiger charge is 2.09. The van der Waals surface area contributed by atoms with Crippen molar-refractivity contribution in [2.75, 3.05) is 20.3 Å². The van der Waals surface area contributed by atoms with Crippen molar-refractivity contribution < 1.29 is 14.3 Å². The van der Waals surface area contributed by atoms with E-state index in [1.54, 1.807) is 18.2 Å². The first kappa shape index (κ1) is 15.2. The molecule has 4 nitrogen and oxygen atoms in total. The quantitative estimate of drug-likeness (QED) is 0.864. The Morgan fingerprint density at radius 2 is 2.19 bits per heavy atom. The number of ether oxygens (including phenoxy) is 2. The number of benzene rings is 1. The molecule has 1 aromatic rings. The maximum absolute atomic E-state index is 11.2. The highest BCUT2D eigenvalue weighted by Crippen LogP contribution is 2.26. The van der Waals surface area contributed by atoms with Gasteiger partial charge in [0.1, 0.15) is 12.4 Å². The fourth-order valence-corrected chi connectivity index (χ4v) is 1.39. The van der Waals surface area contributed by atoms with E-state index in [1.165, 1.54) is 7.11 Å². The molecule has 90 valence electrons. The molecule has 0 saturated heterocycles. The van der Waals surface area contributed by atoms with Crippen LogP contribution in [0.2, 0.25) is 0 Å².